The van der Waals surface area contributed by atoms with Crippen LogP contribution < -0.4 is 4.74 Å². The van der Waals surface area contributed by atoms with E-state index in [1.165, 1.54) is 31.2 Å². The average molecular weight is 650 g/mol. The molecule has 0 saturated heterocycles. The molecule has 0 N–H and O–H groups in total. The van der Waals surface area contributed by atoms with Crippen molar-refractivity contribution in [2.45, 2.75) is 41.4 Å². The summed E-state index contributed by atoms with van der Waals surface area (Å²) in [7, 11) is 0. The molecule has 1 aliphatic carbocycles. The molecule has 1 nitrogen and oxygen atoms in total. The summed E-state index contributed by atoms with van der Waals surface area (Å²) >= 11 is 0.816. The van der Waals surface area contributed by atoms with E-state index < -0.39 is 35.1 Å². The Hall–Kier alpha value is -2.02. The smallest absolute Gasteiger partial charge is 0.403 e. The van der Waals surface area contributed by atoms with Gasteiger partial charge in [0.25, 0.3) is 0 Å². The fourth-order valence-electron chi connectivity index (χ4n) is 4.32. The molecule has 0 spiro atoms. The Morgan fingerprint density at radius 3 is 1.79 bits per heavy atom. The fourth-order valence-corrected chi connectivity index (χ4v) is 6.16. The maximum atomic E-state index is 14.8. The second-order valence-electron chi connectivity index (χ2n) is 8.35. The van der Waals surface area contributed by atoms with Crippen LogP contribution in [0.1, 0.15) is 37.2 Å². The van der Waals surface area contributed by atoms with Gasteiger partial charge in [-0.3, -0.25) is 0 Å². The predicted octanol–water partition coefficient (Wildman–Crippen LogP) is 8.33. The molecule has 169 valence electrons. The summed E-state index contributed by atoms with van der Waals surface area (Å²) in [5.74, 6) is -3.80. The van der Waals surface area contributed by atoms with E-state index >= 15 is 0 Å². The molecule has 0 radical (unpaired) electrons. The first-order chi connectivity index (χ1) is 15.6. The summed E-state index contributed by atoms with van der Waals surface area (Å²) in [5, 5.41) is 0. The molecule has 0 heterocycles. The van der Waals surface area contributed by atoms with Gasteiger partial charge < -0.3 is 4.74 Å². The monoisotopic (exact) mass is 651 g/mol. The third kappa shape index (κ3) is 5.73. The Kier molecular flexibility index (Phi) is 7.08. The number of hydrogen-bond donors (Lipinski definition) is 0. The van der Waals surface area contributed by atoms with E-state index in [0.29, 0.717) is 29.2 Å². The van der Waals surface area contributed by atoms with Crippen LogP contribution in [-0.2, 0) is 26.1 Å². The van der Waals surface area contributed by atoms with E-state index in [2.05, 4.69) is 4.74 Å². The summed E-state index contributed by atoms with van der Waals surface area (Å²) in [5.41, 5.74) is 1.45. The van der Waals surface area contributed by atoms with Crippen molar-refractivity contribution in [3.63, 3.8) is 0 Å². The molecule has 0 aromatic heterocycles. The molecule has 1 fully saturated rings. The molecule has 1 saturated carbocycles. The zero-order valence-corrected chi connectivity index (χ0v) is 23.1. The maximum absolute atomic E-state index is 14.8. The van der Waals surface area contributed by atoms with Gasteiger partial charge in [-0.2, -0.15) is 0 Å². The minimum absolute atomic E-state index is 0.227. The van der Waals surface area contributed by atoms with Crippen LogP contribution in [0.3, 0.4) is 0 Å². The minimum Gasteiger partial charge on any atom is -0.403 e. The normalized spacial score (nSPS) is 18.9. The second kappa shape index (κ2) is 9.68. The Bertz CT molecular complexity index is 1110. The van der Waals surface area contributed by atoms with Gasteiger partial charge in [-0.05, 0) is 17.7 Å². The number of ether oxygens (including phenoxy) is 1. The molecule has 33 heavy (non-hydrogen) atoms. The van der Waals surface area contributed by atoms with E-state index in [9.17, 15) is 26.3 Å². The van der Waals surface area contributed by atoms with Gasteiger partial charge in [0.05, 0.1) is 0 Å². The molecule has 8 heteroatoms. The van der Waals surface area contributed by atoms with E-state index in [4.69, 9.17) is 0 Å². The average Bonchev–Trinajstić information content (AvgIpc) is 2.75. The molecule has 0 amide bonds. The molecule has 0 aliphatic heterocycles. The Balaban J connectivity index is 1.58. The predicted molar refractivity (Wildman–Crippen MR) is 109 cm³/mol. The van der Waals surface area contributed by atoms with Crippen molar-refractivity contribution in [1.29, 1.82) is 0 Å². The van der Waals surface area contributed by atoms with Gasteiger partial charge >= 0.3 is 147 Å². The molecule has 1 aliphatic rings. The molecule has 0 atom stereocenters. The number of benzene rings is 3. The zero-order chi connectivity index (χ0) is 23.8. The molecule has 0 unspecified atom stereocenters. The van der Waals surface area contributed by atoms with Crippen molar-refractivity contribution in [3.05, 3.63) is 77.6 Å². The fraction of sp³-hybridized carbons (Fsp3) is 0.280. The topological polar surface area (TPSA) is 9.23 Å². The van der Waals surface area contributed by atoms with Crippen LogP contribution >= 0.6 is 0 Å². The van der Waals surface area contributed by atoms with Crippen LogP contribution in [0.25, 0.3) is 22.3 Å². The first kappa shape index (κ1) is 24.1. The van der Waals surface area contributed by atoms with E-state index in [-0.39, 0.29) is 5.56 Å². The summed E-state index contributed by atoms with van der Waals surface area (Å²) < 4.78 is 85.1. The van der Waals surface area contributed by atoms with Crippen molar-refractivity contribution < 1.29 is 57.2 Å². The first-order valence-corrected chi connectivity index (χ1v) is 13.8. The number of hydrogen-bond acceptors (Lipinski definition) is 1. The van der Waals surface area contributed by atoms with Crippen molar-refractivity contribution in [3.8, 4) is 28.0 Å². The quantitative estimate of drug-likeness (QED) is 0.204. The number of alkyl halides is 3. The van der Waals surface area contributed by atoms with Gasteiger partial charge in [0, 0.05) is 0 Å². The molecular weight excluding hydrogens is 631 g/mol. The standard InChI is InChI=1S/C25H19F6O.Hg/c26-20-12-18(10-11-23(20)32-25(29,30)31)24-21(27)13-19(14-22(24)28)17-8-6-16(7-9-17)15-4-2-1-3-5-15;/h1,6-15H,2-5H2;. The van der Waals surface area contributed by atoms with Crippen molar-refractivity contribution in [2.75, 3.05) is 0 Å². The molecular formula is C25H19F6HgO. The SMILES string of the molecule is Fc1cc(-c2c(F)cc(-c3ccc(C4CC[CH]([Hg])CC4)cc3)cc2F)ccc1OC(F)(F)F. The third-order valence-corrected chi connectivity index (χ3v) is 9.22. The van der Waals surface area contributed by atoms with Gasteiger partial charge in [0.15, 0.2) is 11.6 Å². The van der Waals surface area contributed by atoms with E-state index in [0.717, 1.165) is 47.7 Å². The van der Waals surface area contributed by atoms with Crippen molar-refractivity contribution in [1.82, 2.24) is 0 Å². The molecule has 3 aromatic carbocycles. The van der Waals surface area contributed by atoms with Gasteiger partial charge in [0.2, 0.25) is 0 Å². The Morgan fingerprint density at radius 2 is 1.24 bits per heavy atom. The van der Waals surface area contributed by atoms with Crippen LogP contribution in [0, 0.1) is 17.5 Å². The minimum atomic E-state index is -5.08. The molecule has 4 rings (SSSR count). The van der Waals surface area contributed by atoms with Gasteiger partial charge in [-0.25, -0.2) is 4.39 Å². The van der Waals surface area contributed by atoms with Crippen molar-refractivity contribution in [2.24, 2.45) is 0 Å². The van der Waals surface area contributed by atoms with Crippen LogP contribution in [0.15, 0.2) is 54.6 Å². The van der Waals surface area contributed by atoms with Gasteiger partial charge in [0.1, 0.15) is 0 Å². The van der Waals surface area contributed by atoms with Crippen LogP contribution in [-0.4, -0.2) is 6.36 Å². The Morgan fingerprint density at radius 1 is 0.697 bits per heavy atom. The van der Waals surface area contributed by atoms with Gasteiger partial charge in [-0.1, -0.05) is 6.07 Å². The molecule has 3 aromatic rings. The van der Waals surface area contributed by atoms with Crippen molar-refractivity contribution >= 4 is 0 Å². The molecule has 0 bridgehead atoms. The third-order valence-electron chi connectivity index (χ3n) is 6.05. The second-order valence-corrected chi connectivity index (χ2v) is 12.8. The zero-order valence-electron chi connectivity index (χ0n) is 17.6. The van der Waals surface area contributed by atoms with E-state index in [1.807, 2.05) is 24.3 Å². The number of halogens is 6. The Labute approximate surface area is 203 Å². The van der Waals surface area contributed by atoms with Crippen LogP contribution in [0.5, 0.6) is 5.75 Å². The summed E-state index contributed by atoms with van der Waals surface area (Å²) in [6.07, 6.45) is -0.175. The summed E-state index contributed by atoms with van der Waals surface area (Å²) in [6.45, 7) is 0. The van der Waals surface area contributed by atoms with E-state index in [1.54, 1.807) is 0 Å². The summed E-state index contributed by atoms with van der Waals surface area (Å²) in [4.78, 5) is 0. The van der Waals surface area contributed by atoms with Gasteiger partial charge in [-0.15, -0.1) is 13.2 Å². The summed E-state index contributed by atoms with van der Waals surface area (Å²) in [6, 6.07) is 12.2. The first-order valence-electron chi connectivity index (χ1n) is 10.6. The van der Waals surface area contributed by atoms with Crippen LogP contribution in [0.2, 0.25) is 3.43 Å². The number of rotatable bonds is 4. The van der Waals surface area contributed by atoms with Crippen LogP contribution in [0.4, 0.5) is 26.3 Å².